The molecule has 2 amide bonds. The lowest BCUT2D eigenvalue weighted by atomic mass is 10.2. The molecule has 3 rings (SSSR count). The molecule has 0 radical (unpaired) electrons. The summed E-state index contributed by atoms with van der Waals surface area (Å²) in [5, 5.41) is 2.65. The van der Waals surface area contributed by atoms with Gasteiger partial charge in [0.15, 0.2) is 0 Å². The highest BCUT2D eigenvalue weighted by molar-refractivity contribution is 8.04. The van der Waals surface area contributed by atoms with Crippen LogP contribution in [0.5, 0.6) is 0 Å². The van der Waals surface area contributed by atoms with Crippen LogP contribution >= 0.6 is 34.7 Å². The number of imide groups is 1. The average molecular weight is 378 g/mol. The van der Waals surface area contributed by atoms with Crippen molar-refractivity contribution < 1.29 is 9.59 Å². The topological polar surface area (TPSA) is 37.4 Å². The molecule has 124 valence electrons. The number of nitrogens with zero attached hydrogens (tertiary/aromatic N) is 1. The van der Waals surface area contributed by atoms with Crippen LogP contribution in [0.25, 0.3) is 5.57 Å². The number of carbonyl (C=O) groups excluding carboxylic acids is 2. The van der Waals surface area contributed by atoms with Gasteiger partial charge in [0, 0.05) is 15.1 Å². The van der Waals surface area contributed by atoms with Crippen molar-refractivity contribution in [3.8, 4) is 0 Å². The second kappa shape index (κ2) is 6.75. The Hall–Kier alpha value is -1.56. The standard InChI is InChI=1S/C18H16ClNO2S2/c1-10(2)24-16-15(14-5-4-8-23-14)17(21)20(18(16)22)12-7-6-11(3)13(19)9-12/h4-10H,1-3H3. The second-order valence-electron chi connectivity index (χ2n) is 5.73. The third-order valence-electron chi connectivity index (χ3n) is 3.58. The average Bonchev–Trinajstić information content (AvgIpc) is 3.10. The Kier molecular flexibility index (Phi) is 4.85. The van der Waals surface area contributed by atoms with E-state index in [1.165, 1.54) is 28.0 Å². The number of amides is 2. The molecule has 0 aliphatic carbocycles. The quantitative estimate of drug-likeness (QED) is 0.692. The summed E-state index contributed by atoms with van der Waals surface area (Å²) in [6, 6.07) is 9.00. The van der Waals surface area contributed by atoms with Crippen LogP contribution in [-0.2, 0) is 9.59 Å². The second-order valence-corrected chi connectivity index (χ2v) is 8.67. The van der Waals surface area contributed by atoms with Crippen molar-refractivity contribution in [2.45, 2.75) is 26.0 Å². The molecule has 1 aliphatic heterocycles. The molecule has 0 bridgehead atoms. The van der Waals surface area contributed by atoms with Crippen LogP contribution in [0, 0.1) is 6.92 Å². The fraction of sp³-hybridized carbons (Fsp3) is 0.222. The summed E-state index contributed by atoms with van der Waals surface area (Å²) in [6.07, 6.45) is 0. The Balaban J connectivity index is 2.09. The van der Waals surface area contributed by atoms with Crippen molar-refractivity contribution in [1.82, 2.24) is 0 Å². The molecule has 2 heterocycles. The highest BCUT2D eigenvalue weighted by atomic mass is 35.5. The molecule has 2 aromatic rings. The predicted octanol–water partition coefficient (Wildman–Crippen LogP) is 5.14. The first-order chi connectivity index (χ1) is 11.4. The number of benzene rings is 1. The molecule has 6 heteroatoms. The first-order valence-corrected chi connectivity index (χ1v) is 9.63. The van der Waals surface area contributed by atoms with Gasteiger partial charge in [-0.1, -0.05) is 37.6 Å². The summed E-state index contributed by atoms with van der Waals surface area (Å²) in [5.41, 5.74) is 1.90. The summed E-state index contributed by atoms with van der Waals surface area (Å²) in [6.45, 7) is 5.90. The third-order valence-corrected chi connectivity index (χ3v) is 5.96. The molecule has 1 aromatic carbocycles. The fourth-order valence-electron chi connectivity index (χ4n) is 2.45. The van der Waals surface area contributed by atoms with Gasteiger partial charge in [-0.05, 0) is 36.1 Å². The van der Waals surface area contributed by atoms with Crippen molar-refractivity contribution in [3.05, 3.63) is 56.1 Å². The monoisotopic (exact) mass is 377 g/mol. The first kappa shape index (κ1) is 17.3. The molecule has 1 aromatic heterocycles. The van der Waals surface area contributed by atoms with Crippen molar-refractivity contribution in [1.29, 1.82) is 0 Å². The number of halogens is 1. The molecular weight excluding hydrogens is 362 g/mol. The minimum Gasteiger partial charge on any atom is -0.268 e. The minimum atomic E-state index is -0.287. The smallest absolute Gasteiger partial charge is 0.268 e. The Morgan fingerprint density at radius 3 is 2.50 bits per heavy atom. The molecular formula is C18H16ClNO2S2. The van der Waals surface area contributed by atoms with Crippen LogP contribution < -0.4 is 4.90 Å². The van der Waals surface area contributed by atoms with Crippen LogP contribution in [-0.4, -0.2) is 17.1 Å². The molecule has 24 heavy (non-hydrogen) atoms. The van der Waals surface area contributed by atoms with Gasteiger partial charge in [0.2, 0.25) is 0 Å². The van der Waals surface area contributed by atoms with Crippen LogP contribution in [0.1, 0.15) is 24.3 Å². The largest absolute Gasteiger partial charge is 0.272 e. The van der Waals surface area contributed by atoms with E-state index in [-0.39, 0.29) is 17.1 Å². The normalized spacial score (nSPS) is 15.1. The maximum absolute atomic E-state index is 13.0. The van der Waals surface area contributed by atoms with E-state index in [0.717, 1.165) is 10.4 Å². The summed E-state index contributed by atoms with van der Waals surface area (Å²) in [5.74, 6) is -0.562. The molecule has 0 spiro atoms. The highest BCUT2D eigenvalue weighted by Crippen LogP contribution is 2.41. The summed E-state index contributed by atoms with van der Waals surface area (Å²) in [4.78, 5) is 28.5. The van der Waals surface area contributed by atoms with Gasteiger partial charge >= 0.3 is 0 Å². The van der Waals surface area contributed by atoms with E-state index >= 15 is 0 Å². The number of anilines is 1. The zero-order chi connectivity index (χ0) is 17.4. The van der Waals surface area contributed by atoms with Gasteiger partial charge < -0.3 is 0 Å². The first-order valence-electron chi connectivity index (χ1n) is 7.50. The highest BCUT2D eigenvalue weighted by Gasteiger charge is 2.41. The van der Waals surface area contributed by atoms with Crippen LogP contribution in [0.15, 0.2) is 40.6 Å². The molecule has 0 saturated heterocycles. The van der Waals surface area contributed by atoms with Gasteiger partial charge in [0.1, 0.15) is 0 Å². The molecule has 0 unspecified atom stereocenters. The van der Waals surface area contributed by atoms with Crippen molar-refractivity contribution >= 4 is 57.8 Å². The number of thiophene rings is 1. The van der Waals surface area contributed by atoms with Gasteiger partial charge in [0.25, 0.3) is 11.8 Å². The van der Waals surface area contributed by atoms with E-state index in [1.807, 2.05) is 44.4 Å². The lowest BCUT2D eigenvalue weighted by Gasteiger charge is -2.16. The number of hydrogen-bond donors (Lipinski definition) is 0. The fourth-order valence-corrected chi connectivity index (χ4v) is 4.43. The molecule has 1 aliphatic rings. The number of thioether (sulfide) groups is 1. The van der Waals surface area contributed by atoms with E-state index in [2.05, 4.69) is 0 Å². The van der Waals surface area contributed by atoms with Crippen molar-refractivity contribution in [2.24, 2.45) is 0 Å². The van der Waals surface area contributed by atoms with Crippen LogP contribution in [0.2, 0.25) is 5.02 Å². The summed E-state index contributed by atoms with van der Waals surface area (Å²) in [7, 11) is 0. The Morgan fingerprint density at radius 2 is 1.92 bits per heavy atom. The Morgan fingerprint density at radius 1 is 1.17 bits per heavy atom. The van der Waals surface area contributed by atoms with E-state index in [1.54, 1.807) is 12.1 Å². The number of carbonyl (C=O) groups is 2. The molecule has 0 atom stereocenters. The number of aryl methyl sites for hydroxylation is 1. The minimum absolute atomic E-state index is 0.202. The van der Waals surface area contributed by atoms with Gasteiger partial charge in [-0.15, -0.1) is 23.1 Å². The zero-order valence-electron chi connectivity index (χ0n) is 13.5. The summed E-state index contributed by atoms with van der Waals surface area (Å²) < 4.78 is 0. The Bertz CT molecular complexity index is 841. The molecule has 3 nitrogen and oxygen atoms in total. The molecule has 0 N–H and O–H groups in total. The zero-order valence-corrected chi connectivity index (χ0v) is 15.9. The van der Waals surface area contributed by atoms with Gasteiger partial charge in [-0.3, -0.25) is 9.59 Å². The van der Waals surface area contributed by atoms with E-state index < -0.39 is 0 Å². The lowest BCUT2D eigenvalue weighted by molar-refractivity contribution is -0.119. The number of hydrogen-bond acceptors (Lipinski definition) is 4. The van der Waals surface area contributed by atoms with Gasteiger partial charge in [-0.2, -0.15) is 0 Å². The number of rotatable bonds is 4. The van der Waals surface area contributed by atoms with Crippen molar-refractivity contribution in [2.75, 3.05) is 4.90 Å². The maximum atomic E-state index is 13.0. The van der Waals surface area contributed by atoms with Gasteiger partial charge in [-0.25, -0.2) is 4.90 Å². The van der Waals surface area contributed by atoms with Crippen molar-refractivity contribution in [3.63, 3.8) is 0 Å². The predicted molar refractivity (Wildman–Crippen MR) is 103 cm³/mol. The Labute approximate surface area is 154 Å². The molecule has 0 saturated carbocycles. The van der Waals surface area contributed by atoms with Gasteiger partial charge in [0.05, 0.1) is 16.2 Å². The third kappa shape index (κ3) is 3.04. The van der Waals surface area contributed by atoms with E-state index in [4.69, 9.17) is 11.6 Å². The van der Waals surface area contributed by atoms with E-state index in [0.29, 0.717) is 21.2 Å². The molecule has 0 fully saturated rings. The van der Waals surface area contributed by atoms with Crippen LogP contribution in [0.3, 0.4) is 0 Å². The summed E-state index contributed by atoms with van der Waals surface area (Å²) >= 11 is 9.07. The SMILES string of the molecule is Cc1ccc(N2C(=O)C(SC(C)C)=C(c3cccs3)C2=O)cc1Cl. The van der Waals surface area contributed by atoms with Crippen LogP contribution in [0.4, 0.5) is 5.69 Å². The lowest BCUT2D eigenvalue weighted by Crippen LogP contribution is -2.31. The maximum Gasteiger partial charge on any atom is 0.272 e. The van der Waals surface area contributed by atoms with E-state index in [9.17, 15) is 9.59 Å².